The minimum absolute atomic E-state index is 0.0219. The number of aliphatic carboxylic acids is 1. The number of carboxylic acids is 1. The highest BCUT2D eigenvalue weighted by molar-refractivity contribution is 7.88. The Morgan fingerprint density at radius 2 is 1.90 bits per heavy atom. The van der Waals surface area contributed by atoms with Crippen molar-refractivity contribution in [1.29, 1.82) is 0 Å². The number of fused-ring (bicyclic) bond motifs is 1. The van der Waals surface area contributed by atoms with Gasteiger partial charge in [-0.25, -0.2) is 13.1 Å². The molecule has 3 rings (SSSR count). The lowest BCUT2D eigenvalue weighted by molar-refractivity contribution is -0.137. The Morgan fingerprint density at radius 1 is 1.21 bits per heavy atom. The molecular weight excluding hydrogens is 396 g/mol. The number of benzene rings is 1. The zero-order valence-corrected chi connectivity index (χ0v) is 17.3. The van der Waals surface area contributed by atoms with E-state index in [2.05, 4.69) is 26.9 Å². The monoisotopic (exact) mass is 422 g/mol. The SMILES string of the molecule is CN1CCN(c2ccc3c(c2CC(=O)NCC(=O)O)C=CC3NS(C)(=O)=O)CC1. The number of hydrogen-bond acceptors (Lipinski definition) is 6. The predicted octanol–water partition coefficient (Wildman–Crippen LogP) is -0.201. The van der Waals surface area contributed by atoms with Crippen LogP contribution < -0.4 is 14.9 Å². The Morgan fingerprint density at radius 3 is 2.52 bits per heavy atom. The lowest BCUT2D eigenvalue weighted by atomic mass is 9.96. The molecule has 1 atom stereocenters. The van der Waals surface area contributed by atoms with Crippen LogP contribution in [0.1, 0.15) is 22.7 Å². The van der Waals surface area contributed by atoms with Crippen molar-refractivity contribution < 1.29 is 23.1 Å². The molecule has 0 aromatic heterocycles. The molecule has 3 N–H and O–H groups in total. The lowest BCUT2D eigenvalue weighted by Crippen LogP contribution is -2.45. The van der Waals surface area contributed by atoms with Crippen LogP contribution in [0.5, 0.6) is 0 Å². The Labute approximate surface area is 170 Å². The number of likely N-dealkylation sites (N-methyl/N-ethyl adjacent to an activating group) is 1. The second-order valence-corrected chi connectivity index (χ2v) is 9.21. The Hall–Kier alpha value is -2.43. The summed E-state index contributed by atoms with van der Waals surface area (Å²) in [7, 11) is -1.34. The van der Waals surface area contributed by atoms with Crippen LogP contribution in [0.4, 0.5) is 5.69 Å². The van der Waals surface area contributed by atoms with Crippen LogP contribution in [-0.2, 0) is 26.0 Å². The number of anilines is 1. The molecule has 1 aromatic carbocycles. The van der Waals surface area contributed by atoms with Crippen LogP contribution in [0.2, 0.25) is 0 Å². The summed E-state index contributed by atoms with van der Waals surface area (Å²) in [5, 5.41) is 11.2. The van der Waals surface area contributed by atoms with Gasteiger partial charge in [0.1, 0.15) is 6.54 Å². The Bertz CT molecular complexity index is 936. The predicted molar refractivity (Wildman–Crippen MR) is 110 cm³/mol. The lowest BCUT2D eigenvalue weighted by Gasteiger charge is -2.35. The maximum Gasteiger partial charge on any atom is 0.322 e. The Balaban J connectivity index is 1.93. The molecule has 0 radical (unpaired) electrons. The maximum atomic E-state index is 12.4. The summed E-state index contributed by atoms with van der Waals surface area (Å²) in [5.41, 5.74) is 3.30. The van der Waals surface area contributed by atoms with E-state index in [9.17, 15) is 18.0 Å². The third kappa shape index (κ3) is 5.34. The molecule has 0 spiro atoms. The van der Waals surface area contributed by atoms with E-state index in [-0.39, 0.29) is 12.3 Å². The third-order valence-electron chi connectivity index (χ3n) is 5.12. The molecule has 1 aliphatic heterocycles. The molecule has 29 heavy (non-hydrogen) atoms. The van der Waals surface area contributed by atoms with Gasteiger partial charge in [-0.2, -0.15) is 0 Å². The van der Waals surface area contributed by atoms with E-state index in [0.29, 0.717) is 0 Å². The number of carbonyl (C=O) groups excluding carboxylic acids is 1. The van der Waals surface area contributed by atoms with Gasteiger partial charge in [-0.1, -0.05) is 18.2 Å². The van der Waals surface area contributed by atoms with Gasteiger partial charge in [-0.05, 0) is 29.8 Å². The molecule has 10 heteroatoms. The van der Waals surface area contributed by atoms with Crippen molar-refractivity contribution in [3.63, 3.8) is 0 Å². The quantitative estimate of drug-likeness (QED) is 0.557. The highest BCUT2D eigenvalue weighted by Gasteiger charge is 2.27. The Kier molecular flexibility index (Phi) is 6.25. The first-order chi connectivity index (χ1) is 13.6. The largest absolute Gasteiger partial charge is 0.480 e. The van der Waals surface area contributed by atoms with Gasteiger partial charge in [0.15, 0.2) is 0 Å². The maximum absolute atomic E-state index is 12.4. The highest BCUT2D eigenvalue weighted by Crippen LogP contribution is 2.37. The molecule has 158 valence electrons. The molecule has 1 amide bonds. The summed E-state index contributed by atoms with van der Waals surface area (Å²) in [6, 6.07) is 3.33. The van der Waals surface area contributed by atoms with Crippen LogP contribution in [-0.4, -0.2) is 76.3 Å². The van der Waals surface area contributed by atoms with E-state index in [0.717, 1.165) is 54.8 Å². The average molecular weight is 423 g/mol. The standard InChI is InChI=1S/C19H26N4O5S/c1-22-7-9-23(10-8-22)17-6-4-14-13(3-5-16(14)21-29(2,27)28)15(17)11-18(24)20-12-19(25)26/h3-6,16,21H,7-12H2,1-2H3,(H,20,24)(H,25,26). The first-order valence-corrected chi connectivity index (χ1v) is 11.3. The number of nitrogens with one attached hydrogen (secondary N) is 2. The molecule has 1 unspecified atom stereocenters. The van der Waals surface area contributed by atoms with Gasteiger partial charge in [0, 0.05) is 31.9 Å². The van der Waals surface area contributed by atoms with E-state index in [1.807, 2.05) is 18.2 Å². The van der Waals surface area contributed by atoms with Crippen LogP contribution in [0, 0.1) is 0 Å². The van der Waals surface area contributed by atoms with Gasteiger partial charge in [-0.15, -0.1) is 0 Å². The van der Waals surface area contributed by atoms with Crippen LogP contribution >= 0.6 is 0 Å². The van der Waals surface area contributed by atoms with Gasteiger partial charge in [-0.3, -0.25) is 9.59 Å². The molecule has 0 saturated carbocycles. The summed E-state index contributed by atoms with van der Waals surface area (Å²) >= 11 is 0. The first-order valence-electron chi connectivity index (χ1n) is 9.37. The van der Waals surface area contributed by atoms with Gasteiger partial charge >= 0.3 is 5.97 Å². The average Bonchev–Trinajstić information content (AvgIpc) is 3.03. The fraction of sp³-hybridized carbons (Fsp3) is 0.474. The molecule has 1 aromatic rings. The van der Waals surface area contributed by atoms with Crippen LogP contribution in [0.3, 0.4) is 0 Å². The molecule has 1 heterocycles. The van der Waals surface area contributed by atoms with Crippen LogP contribution in [0.15, 0.2) is 18.2 Å². The molecular formula is C19H26N4O5S. The van der Waals surface area contributed by atoms with E-state index in [1.165, 1.54) is 0 Å². The number of nitrogens with zero attached hydrogens (tertiary/aromatic N) is 2. The van der Waals surface area contributed by atoms with Crippen molar-refractivity contribution in [2.45, 2.75) is 12.5 Å². The summed E-state index contributed by atoms with van der Waals surface area (Å²) in [6.07, 6.45) is 4.72. The van der Waals surface area contributed by atoms with E-state index < -0.39 is 28.6 Å². The summed E-state index contributed by atoms with van der Waals surface area (Å²) < 4.78 is 25.9. The van der Waals surface area contributed by atoms with Crippen molar-refractivity contribution in [1.82, 2.24) is 14.9 Å². The van der Waals surface area contributed by atoms with Crippen molar-refractivity contribution >= 4 is 33.7 Å². The second-order valence-electron chi connectivity index (χ2n) is 7.43. The molecule has 9 nitrogen and oxygen atoms in total. The van der Waals surface area contributed by atoms with Gasteiger partial charge in [0.05, 0.1) is 18.7 Å². The van der Waals surface area contributed by atoms with E-state index in [1.54, 1.807) is 6.08 Å². The van der Waals surface area contributed by atoms with E-state index in [4.69, 9.17) is 5.11 Å². The zero-order chi connectivity index (χ0) is 21.2. The number of carboxylic acid groups (broad SMARTS) is 1. The fourth-order valence-electron chi connectivity index (χ4n) is 3.70. The number of rotatable bonds is 7. The van der Waals surface area contributed by atoms with Crippen molar-refractivity contribution in [2.24, 2.45) is 0 Å². The smallest absolute Gasteiger partial charge is 0.322 e. The second kappa shape index (κ2) is 8.52. The highest BCUT2D eigenvalue weighted by atomic mass is 32.2. The summed E-state index contributed by atoms with van der Waals surface area (Å²) in [4.78, 5) is 27.6. The fourth-order valence-corrected chi connectivity index (χ4v) is 4.36. The minimum Gasteiger partial charge on any atom is -0.480 e. The van der Waals surface area contributed by atoms with Gasteiger partial charge < -0.3 is 20.2 Å². The number of piperazine rings is 1. The number of sulfonamides is 1. The molecule has 1 aliphatic carbocycles. The number of hydrogen-bond donors (Lipinski definition) is 3. The molecule has 1 fully saturated rings. The van der Waals surface area contributed by atoms with Crippen LogP contribution in [0.25, 0.3) is 6.08 Å². The number of amides is 1. The third-order valence-corrected chi connectivity index (χ3v) is 5.80. The number of carbonyl (C=O) groups is 2. The topological polar surface area (TPSA) is 119 Å². The summed E-state index contributed by atoms with van der Waals surface area (Å²) in [6.45, 7) is 2.99. The molecule has 0 bridgehead atoms. The van der Waals surface area contributed by atoms with E-state index >= 15 is 0 Å². The van der Waals surface area contributed by atoms with Crippen molar-refractivity contribution in [2.75, 3.05) is 50.9 Å². The molecule has 2 aliphatic rings. The van der Waals surface area contributed by atoms with Gasteiger partial charge in [0.25, 0.3) is 0 Å². The summed E-state index contributed by atoms with van der Waals surface area (Å²) in [5.74, 6) is -1.49. The zero-order valence-electron chi connectivity index (χ0n) is 16.5. The molecule has 1 saturated heterocycles. The van der Waals surface area contributed by atoms with Gasteiger partial charge in [0.2, 0.25) is 15.9 Å². The first kappa shape index (κ1) is 21.3. The minimum atomic E-state index is -3.40. The normalized spacial score (nSPS) is 19.2. The van der Waals surface area contributed by atoms with Crippen molar-refractivity contribution in [3.8, 4) is 0 Å². The van der Waals surface area contributed by atoms with Crippen molar-refractivity contribution in [3.05, 3.63) is 34.9 Å².